The van der Waals surface area contributed by atoms with Crippen LogP contribution < -0.4 is 10.6 Å². The van der Waals surface area contributed by atoms with Crippen molar-refractivity contribution in [2.24, 2.45) is 35.5 Å². The zero-order valence-electron chi connectivity index (χ0n) is 22.1. The topological polar surface area (TPSA) is 113 Å². The molecule has 7 heteroatoms. The van der Waals surface area contributed by atoms with Crippen molar-refractivity contribution >= 4 is 23.5 Å². The molecule has 0 aromatic heterocycles. The highest BCUT2D eigenvalue weighted by atomic mass is 16.3. The molecule has 0 saturated heterocycles. The van der Waals surface area contributed by atoms with Crippen LogP contribution in [-0.4, -0.2) is 40.8 Å². The number of rotatable bonds is 11. The Morgan fingerprint density at radius 2 is 1.94 bits per heavy atom. The molecule has 0 spiro atoms. The third-order valence-corrected chi connectivity index (χ3v) is 8.27. The minimum Gasteiger partial charge on any atom is -0.385 e. The van der Waals surface area contributed by atoms with Crippen LogP contribution in [0.5, 0.6) is 0 Å². The van der Waals surface area contributed by atoms with Gasteiger partial charge in [-0.05, 0) is 37.5 Å². The van der Waals surface area contributed by atoms with Crippen molar-refractivity contribution in [1.29, 1.82) is 0 Å². The van der Waals surface area contributed by atoms with Crippen molar-refractivity contribution in [1.82, 2.24) is 10.6 Å². The Labute approximate surface area is 214 Å². The summed E-state index contributed by atoms with van der Waals surface area (Å²) < 4.78 is 0. The number of amides is 3. The molecule has 1 heterocycles. The molecule has 0 aromatic carbocycles. The van der Waals surface area contributed by atoms with Gasteiger partial charge in [0.15, 0.2) is 5.78 Å². The van der Waals surface area contributed by atoms with Gasteiger partial charge in [-0.2, -0.15) is 0 Å². The molecule has 0 aromatic rings. The predicted molar refractivity (Wildman–Crippen MR) is 138 cm³/mol. The highest BCUT2D eigenvalue weighted by Crippen LogP contribution is 2.51. The Morgan fingerprint density at radius 1 is 1.22 bits per heavy atom. The molecule has 0 bridgehead atoms. The van der Waals surface area contributed by atoms with E-state index in [-0.39, 0.29) is 47.1 Å². The lowest BCUT2D eigenvalue weighted by Gasteiger charge is -2.51. The second kappa shape index (κ2) is 11.7. The van der Waals surface area contributed by atoms with Crippen molar-refractivity contribution < 1.29 is 24.3 Å². The largest absolute Gasteiger partial charge is 0.385 e. The van der Waals surface area contributed by atoms with Crippen LogP contribution in [0.2, 0.25) is 0 Å². The number of hydrogen-bond acceptors (Lipinski definition) is 5. The minimum atomic E-state index is -1.34. The van der Waals surface area contributed by atoms with Crippen LogP contribution in [0, 0.1) is 35.5 Å². The highest BCUT2D eigenvalue weighted by Gasteiger charge is 2.55. The third kappa shape index (κ3) is 5.41. The summed E-state index contributed by atoms with van der Waals surface area (Å²) in [5, 5.41) is 17.0. The van der Waals surface area contributed by atoms with Crippen molar-refractivity contribution in [3.8, 4) is 0 Å². The lowest BCUT2D eigenvalue weighted by atomic mass is 9.55. The molecular weight excluding hydrogens is 456 g/mol. The van der Waals surface area contributed by atoms with E-state index in [4.69, 9.17) is 0 Å². The maximum atomic E-state index is 14.1. The lowest BCUT2D eigenvalue weighted by Crippen LogP contribution is -2.56. The maximum absolute atomic E-state index is 14.1. The molecule has 1 saturated carbocycles. The number of imide groups is 1. The summed E-state index contributed by atoms with van der Waals surface area (Å²) in [6.45, 7) is 12.4. The van der Waals surface area contributed by atoms with Crippen LogP contribution in [-0.2, 0) is 19.2 Å². The molecular formula is C29H42N2O5. The Hall–Kier alpha value is -2.54. The number of carbonyl (C=O) groups is 4. The zero-order valence-corrected chi connectivity index (χ0v) is 22.1. The minimum absolute atomic E-state index is 0.0721. The van der Waals surface area contributed by atoms with E-state index in [9.17, 15) is 24.3 Å². The third-order valence-electron chi connectivity index (χ3n) is 8.27. The average Bonchev–Trinajstić information content (AvgIpc) is 3.13. The highest BCUT2D eigenvalue weighted by molar-refractivity contribution is 6.33. The van der Waals surface area contributed by atoms with Gasteiger partial charge in [-0.1, -0.05) is 65.2 Å². The predicted octanol–water partition coefficient (Wildman–Crippen LogP) is 3.63. The van der Waals surface area contributed by atoms with E-state index in [1.807, 2.05) is 26.8 Å². The van der Waals surface area contributed by atoms with E-state index in [0.717, 1.165) is 25.7 Å². The van der Waals surface area contributed by atoms with Crippen molar-refractivity contribution in [2.75, 3.05) is 6.54 Å². The summed E-state index contributed by atoms with van der Waals surface area (Å²) in [6.07, 6.45) is 10.3. The van der Waals surface area contributed by atoms with Gasteiger partial charge in [-0.3, -0.25) is 24.5 Å². The molecule has 36 heavy (non-hydrogen) atoms. The Bertz CT molecular complexity index is 967. The molecule has 0 radical (unpaired) electrons. The average molecular weight is 499 g/mol. The van der Waals surface area contributed by atoms with Crippen LogP contribution in [0.4, 0.5) is 0 Å². The summed E-state index contributed by atoms with van der Waals surface area (Å²) in [6, 6.07) is 0. The van der Waals surface area contributed by atoms with Gasteiger partial charge in [0.1, 0.15) is 0 Å². The van der Waals surface area contributed by atoms with Crippen LogP contribution in [0.1, 0.15) is 72.6 Å². The summed E-state index contributed by atoms with van der Waals surface area (Å²) in [5.41, 5.74) is -1.20. The molecule has 7 unspecified atom stereocenters. The second-order valence-electron chi connectivity index (χ2n) is 10.9. The summed E-state index contributed by atoms with van der Waals surface area (Å²) in [7, 11) is 0. The first-order valence-corrected chi connectivity index (χ1v) is 13.6. The summed E-state index contributed by atoms with van der Waals surface area (Å²) in [4.78, 5) is 52.6. The van der Waals surface area contributed by atoms with Gasteiger partial charge < -0.3 is 10.4 Å². The standard InChI is InChI=1S/C29H42N2O5/c1-6-9-10-11-19(8-3)22-23(28(35)31-27(22)34)25(32)21-17(4)12-13-29(36)16-20(15-18(5)24(21)29)26(33)30-14-7-2/h8,12-13,17-21,24,36H,3,6-7,9-11,14-16H2,1-2,4-5H3,(H,30,33)(H,31,34,35). The molecule has 1 fully saturated rings. The number of ketones is 1. The molecule has 3 aliphatic rings. The van der Waals surface area contributed by atoms with Gasteiger partial charge in [0.25, 0.3) is 11.8 Å². The first kappa shape index (κ1) is 28.0. The van der Waals surface area contributed by atoms with Gasteiger partial charge in [-0.15, -0.1) is 6.58 Å². The van der Waals surface area contributed by atoms with Crippen LogP contribution >= 0.6 is 0 Å². The second-order valence-corrected chi connectivity index (χ2v) is 10.9. The van der Waals surface area contributed by atoms with E-state index in [0.29, 0.717) is 19.4 Å². The molecule has 198 valence electrons. The number of Topliss-reactive ketones (excluding diaryl/α,β-unsaturated/α-hetero) is 1. The molecule has 3 rings (SSSR count). The fourth-order valence-corrected chi connectivity index (χ4v) is 6.53. The quantitative estimate of drug-likeness (QED) is 0.174. The molecule has 7 nitrogen and oxygen atoms in total. The molecule has 1 aliphatic heterocycles. The number of hydrogen-bond donors (Lipinski definition) is 3. The fourth-order valence-electron chi connectivity index (χ4n) is 6.53. The van der Waals surface area contributed by atoms with E-state index < -0.39 is 35.0 Å². The number of fused-ring (bicyclic) bond motifs is 1. The van der Waals surface area contributed by atoms with Crippen LogP contribution in [0.3, 0.4) is 0 Å². The van der Waals surface area contributed by atoms with Crippen molar-refractivity contribution in [3.05, 3.63) is 36.0 Å². The number of carbonyl (C=O) groups excluding carboxylic acids is 4. The Balaban J connectivity index is 1.96. The molecule has 2 aliphatic carbocycles. The van der Waals surface area contributed by atoms with Gasteiger partial charge in [0.2, 0.25) is 5.91 Å². The number of unbranched alkanes of at least 4 members (excludes halogenated alkanes) is 2. The SMILES string of the molecule is C=CC(CCCCC)C1=C(C(=O)C2C(C)C=CC3(O)CC(C(=O)NCCC)CC(C)C23)C(=O)NC1=O. The normalized spacial score (nSPS) is 32.6. The smallest absolute Gasteiger partial charge is 0.262 e. The van der Waals surface area contributed by atoms with Crippen molar-refractivity contribution in [3.63, 3.8) is 0 Å². The van der Waals surface area contributed by atoms with Gasteiger partial charge in [0.05, 0.1) is 11.2 Å². The van der Waals surface area contributed by atoms with Gasteiger partial charge in [-0.25, -0.2) is 0 Å². The van der Waals surface area contributed by atoms with Crippen LogP contribution in [0.15, 0.2) is 36.0 Å². The summed E-state index contributed by atoms with van der Waals surface area (Å²) >= 11 is 0. The van der Waals surface area contributed by atoms with E-state index in [1.165, 1.54) is 0 Å². The van der Waals surface area contributed by atoms with Crippen molar-refractivity contribution in [2.45, 2.75) is 78.2 Å². The molecule has 7 atom stereocenters. The summed E-state index contributed by atoms with van der Waals surface area (Å²) in [5.74, 6) is -3.87. The number of nitrogens with one attached hydrogen (secondary N) is 2. The molecule has 3 amide bonds. The van der Waals surface area contributed by atoms with E-state index in [2.05, 4.69) is 24.1 Å². The lowest BCUT2D eigenvalue weighted by molar-refractivity contribution is -0.144. The Kier molecular flexibility index (Phi) is 9.09. The number of allylic oxidation sites excluding steroid dienone is 2. The van der Waals surface area contributed by atoms with E-state index >= 15 is 0 Å². The monoisotopic (exact) mass is 498 g/mol. The number of aliphatic hydroxyl groups is 1. The first-order chi connectivity index (χ1) is 17.1. The fraction of sp³-hybridized carbons (Fsp3) is 0.655. The first-order valence-electron chi connectivity index (χ1n) is 13.6. The zero-order chi connectivity index (χ0) is 26.6. The Morgan fingerprint density at radius 3 is 2.58 bits per heavy atom. The maximum Gasteiger partial charge on any atom is 0.262 e. The molecule has 3 N–H and O–H groups in total. The van der Waals surface area contributed by atoms with Gasteiger partial charge in [0, 0.05) is 35.8 Å². The van der Waals surface area contributed by atoms with Gasteiger partial charge >= 0.3 is 0 Å². The van der Waals surface area contributed by atoms with Crippen LogP contribution in [0.25, 0.3) is 0 Å². The van der Waals surface area contributed by atoms with E-state index in [1.54, 1.807) is 12.2 Å².